The smallest absolute Gasteiger partial charge is 0.393 e. The van der Waals surface area contributed by atoms with Crippen molar-refractivity contribution < 1.29 is 33.3 Å². The fraction of sp³-hybridized carbons (Fsp3) is 0.500. The molecule has 0 radical (unpaired) electrons. The second kappa shape index (κ2) is 7.64. The maximum atomic E-state index is 13.4. The van der Waals surface area contributed by atoms with Crippen molar-refractivity contribution in [3.05, 3.63) is 41.2 Å². The van der Waals surface area contributed by atoms with Gasteiger partial charge < -0.3 is 26.4 Å². The number of amides is 1. The van der Waals surface area contributed by atoms with Gasteiger partial charge in [0.15, 0.2) is 11.5 Å². The van der Waals surface area contributed by atoms with Gasteiger partial charge in [-0.05, 0) is 56.2 Å². The van der Waals surface area contributed by atoms with Crippen LogP contribution in [0.15, 0.2) is 24.4 Å². The Morgan fingerprint density at radius 3 is 2.45 bits per heavy atom. The molecular formula is C22H25F3N4O4. The molecule has 4 rings (SSSR count). The number of aromatic nitrogens is 2. The van der Waals surface area contributed by atoms with Crippen LogP contribution >= 0.6 is 0 Å². The van der Waals surface area contributed by atoms with Crippen molar-refractivity contribution in [2.75, 3.05) is 12.3 Å². The minimum atomic E-state index is -5.12. The van der Waals surface area contributed by atoms with Crippen molar-refractivity contribution in [2.24, 2.45) is 0 Å². The second-order valence-electron chi connectivity index (χ2n) is 9.17. The van der Waals surface area contributed by atoms with Gasteiger partial charge >= 0.3 is 6.18 Å². The summed E-state index contributed by atoms with van der Waals surface area (Å²) in [6.07, 6.45) is -1.01. The Balaban J connectivity index is 1.69. The average molecular weight is 466 g/mol. The van der Waals surface area contributed by atoms with Crippen LogP contribution in [0.4, 0.5) is 19.0 Å². The second-order valence-corrected chi connectivity index (χ2v) is 9.17. The number of nitrogen functional groups attached to an aromatic ring is 1. The van der Waals surface area contributed by atoms with Crippen molar-refractivity contribution in [1.82, 2.24) is 15.3 Å². The van der Waals surface area contributed by atoms with Crippen LogP contribution < -0.4 is 11.1 Å². The number of fused-ring (bicyclic) bond motifs is 2. The Morgan fingerprint density at radius 2 is 1.91 bits per heavy atom. The SMILES string of the molecule is Cc1ccc([C@](O)(CO)C(F)(F)F)cc1-c1cnc(N)c(C(=O)NC23CCC(O)(CC2)C3)n1. The number of carbonyl (C=O) groups excluding carboxylic acids is 1. The number of nitrogens with zero attached hydrogens (tertiary/aromatic N) is 2. The van der Waals surface area contributed by atoms with E-state index in [0.717, 1.165) is 12.1 Å². The average Bonchev–Trinajstić information content (AvgIpc) is 3.26. The van der Waals surface area contributed by atoms with Crippen molar-refractivity contribution in [3.8, 4) is 11.3 Å². The number of aryl methyl sites for hydroxylation is 1. The molecule has 8 nitrogen and oxygen atoms in total. The van der Waals surface area contributed by atoms with Crippen LogP contribution in [0, 0.1) is 6.92 Å². The lowest BCUT2D eigenvalue weighted by Crippen LogP contribution is -2.45. The maximum Gasteiger partial charge on any atom is 0.423 e. The van der Waals surface area contributed by atoms with E-state index in [0.29, 0.717) is 37.7 Å². The lowest BCUT2D eigenvalue weighted by atomic mass is 9.90. The van der Waals surface area contributed by atoms with Gasteiger partial charge in [0, 0.05) is 11.1 Å². The first-order valence-electron chi connectivity index (χ1n) is 10.5. The Morgan fingerprint density at radius 1 is 1.24 bits per heavy atom. The Hall–Kier alpha value is -2.76. The molecule has 0 unspecified atom stereocenters. The Labute approximate surface area is 187 Å². The summed E-state index contributed by atoms with van der Waals surface area (Å²) in [7, 11) is 0. The molecule has 0 saturated heterocycles. The zero-order chi connectivity index (χ0) is 24.2. The minimum Gasteiger partial charge on any atom is -0.393 e. The molecule has 1 aromatic carbocycles. The zero-order valence-corrected chi connectivity index (χ0v) is 17.9. The third-order valence-corrected chi connectivity index (χ3v) is 6.89. The molecule has 2 aliphatic rings. The fourth-order valence-corrected chi connectivity index (χ4v) is 4.84. The van der Waals surface area contributed by atoms with E-state index in [-0.39, 0.29) is 22.8 Å². The summed E-state index contributed by atoms with van der Waals surface area (Å²) < 4.78 is 40.2. The number of rotatable bonds is 5. The van der Waals surface area contributed by atoms with Gasteiger partial charge in [0.05, 0.1) is 24.1 Å². The summed E-state index contributed by atoms with van der Waals surface area (Å²) in [5, 5.41) is 32.7. The molecule has 33 heavy (non-hydrogen) atoms. The predicted molar refractivity (Wildman–Crippen MR) is 112 cm³/mol. The number of anilines is 1. The summed E-state index contributed by atoms with van der Waals surface area (Å²) in [5.74, 6) is -0.723. The number of aliphatic hydroxyl groups is 3. The van der Waals surface area contributed by atoms with E-state index in [9.17, 15) is 33.3 Å². The molecule has 2 aromatic rings. The standard InChI is InChI=1S/C22H25F3N4O4/c1-12-2-3-13(21(33,11-30)22(23,24)25)8-14(12)15-9-27-17(26)16(28-15)18(31)29-19-4-6-20(32,10-19)7-5-19/h2-3,8-9,30,32-33H,4-7,10-11H2,1H3,(H2,26,27)(H,29,31)/t19?,20?,21-/m1/s1. The topological polar surface area (TPSA) is 142 Å². The number of benzene rings is 1. The van der Waals surface area contributed by atoms with E-state index in [2.05, 4.69) is 15.3 Å². The molecule has 6 N–H and O–H groups in total. The molecule has 2 aliphatic carbocycles. The third-order valence-electron chi connectivity index (χ3n) is 6.89. The van der Waals surface area contributed by atoms with Crippen LogP contribution in [0.2, 0.25) is 0 Å². The number of hydrogen-bond donors (Lipinski definition) is 5. The van der Waals surface area contributed by atoms with Gasteiger partial charge in [-0.1, -0.05) is 12.1 Å². The number of hydrogen-bond acceptors (Lipinski definition) is 7. The number of alkyl halides is 3. The van der Waals surface area contributed by atoms with Crippen molar-refractivity contribution in [2.45, 2.75) is 61.9 Å². The summed E-state index contributed by atoms with van der Waals surface area (Å²) in [6, 6.07) is 3.49. The van der Waals surface area contributed by atoms with Crippen LogP contribution in [0.25, 0.3) is 11.3 Å². The molecule has 1 heterocycles. The van der Waals surface area contributed by atoms with Gasteiger partial charge in [0.2, 0.25) is 5.60 Å². The molecule has 0 spiro atoms. The highest BCUT2D eigenvalue weighted by atomic mass is 19.4. The van der Waals surface area contributed by atoms with E-state index in [1.54, 1.807) is 6.92 Å². The molecular weight excluding hydrogens is 441 g/mol. The number of nitrogens with one attached hydrogen (secondary N) is 1. The Kier molecular flexibility index (Phi) is 5.42. The summed E-state index contributed by atoms with van der Waals surface area (Å²) in [6.45, 7) is 0.0633. The number of nitrogens with two attached hydrogens (primary N) is 1. The highest BCUT2D eigenvalue weighted by molar-refractivity contribution is 5.97. The van der Waals surface area contributed by atoms with E-state index in [4.69, 9.17) is 5.73 Å². The number of carbonyl (C=O) groups is 1. The minimum absolute atomic E-state index is 0.0861. The lowest BCUT2D eigenvalue weighted by molar-refractivity contribution is -0.277. The third kappa shape index (κ3) is 3.94. The van der Waals surface area contributed by atoms with Crippen molar-refractivity contribution in [3.63, 3.8) is 0 Å². The molecule has 2 fully saturated rings. The molecule has 1 amide bonds. The van der Waals surface area contributed by atoms with Crippen LogP contribution in [0.5, 0.6) is 0 Å². The molecule has 178 valence electrons. The molecule has 2 bridgehead atoms. The summed E-state index contributed by atoms with van der Waals surface area (Å²) >= 11 is 0. The molecule has 11 heteroatoms. The molecule has 0 aliphatic heterocycles. The van der Waals surface area contributed by atoms with E-state index in [1.807, 2.05) is 0 Å². The van der Waals surface area contributed by atoms with E-state index >= 15 is 0 Å². The molecule has 1 aromatic heterocycles. The first-order chi connectivity index (χ1) is 15.3. The summed E-state index contributed by atoms with van der Waals surface area (Å²) in [4.78, 5) is 21.2. The van der Waals surface area contributed by atoms with Gasteiger partial charge in [-0.25, -0.2) is 9.97 Å². The van der Waals surface area contributed by atoms with E-state index in [1.165, 1.54) is 12.3 Å². The van der Waals surface area contributed by atoms with Crippen LogP contribution in [-0.4, -0.2) is 55.1 Å². The molecule has 1 atom stereocenters. The fourth-order valence-electron chi connectivity index (χ4n) is 4.84. The predicted octanol–water partition coefficient (Wildman–Crippen LogP) is 1.95. The maximum absolute atomic E-state index is 13.4. The van der Waals surface area contributed by atoms with Crippen molar-refractivity contribution >= 4 is 11.7 Å². The quantitative estimate of drug-likeness (QED) is 0.453. The first-order valence-corrected chi connectivity index (χ1v) is 10.5. The first kappa shape index (κ1) is 23.4. The van der Waals surface area contributed by atoms with Crippen LogP contribution in [0.1, 0.15) is 53.7 Å². The summed E-state index contributed by atoms with van der Waals surface area (Å²) in [5.41, 5.74) is 1.14. The number of aliphatic hydroxyl groups excluding tert-OH is 1. The van der Waals surface area contributed by atoms with Gasteiger partial charge in [-0.15, -0.1) is 0 Å². The van der Waals surface area contributed by atoms with Crippen LogP contribution in [-0.2, 0) is 5.60 Å². The number of halogens is 3. The zero-order valence-electron chi connectivity index (χ0n) is 17.9. The van der Waals surface area contributed by atoms with E-state index < -0.39 is 41.0 Å². The van der Waals surface area contributed by atoms with Gasteiger partial charge in [-0.2, -0.15) is 13.2 Å². The normalized spacial score (nSPS) is 26.3. The van der Waals surface area contributed by atoms with Gasteiger partial charge in [-0.3, -0.25) is 4.79 Å². The van der Waals surface area contributed by atoms with Gasteiger partial charge in [0.25, 0.3) is 5.91 Å². The monoisotopic (exact) mass is 466 g/mol. The highest BCUT2D eigenvalue weighted by Gasteiger charge is 2.55. The Bertz CT molecular complexity index is 1100. The molecule has 2 saturated carbocycles. The largest absolute Gasteiger partial charge is 0.423 e. The van der Waals surface area contributed by atoms with Crippen LogP contribution in [0.3, 0.4) is 0 Å². The lowest BCUT2D eigenvalue weighted by Gasteiger charge is -2.29. The highest BCUT2D eigenvalue weighted by Crippen LogP contribution is 2.50. The van der Waals surface area contributed by atoms with Gasteiger partial charge in [0.1, 0.15) is 0 Å². The van der Waals surface area contributed by atoms with Crippen molar-refractivity contribution in [1.29, 1.82) is 0 Å².